The van der Waals surface area contributed by atoms with E-state index in [2.05, 4.69) is 6.07 Å². The Kier molecular flexibility index (Phi) is 8.79. The van der Waals surface area contributed by atoms with Crippen molar-refractivity contribution in [1.29, 1.82) is 5.26 Å². The van der Waals surface area contributed by atoms with Gasteiger partial charge in [-0.2, -0.15) is 5.26 Å². The highest BCUT2D eigenvalue weighted by Crippen LogP contribution is 2.39. The molecule has 0 aliphatic carbocycles. The van der Waals surface area contributed by atoms with Gasteiger partial charge in [-0.15, -0.1) is 0 Å². The van der Waals surface area contributed by atoms with Crippen molar-refractivity contribution in [2.75, 3.05) is 19.7 Å². The maximum Gasteiger partial charge on any atom is 0.411 e. The Hall–Kier alpha value is -2.70. The van der Waals surface area contributed by atoms with Gasteiger partial charge in [-0.25, -0.2) is 9.59 Å². The highest BCUT2D eigenvalue weighted by atomic mass is 35.5. The molecule has 1 aromatic carbocycles. The van der Waals surface area contributed by atoms with E-state index in [1.54, 1.807) is 41.5 Å². The van der Waals surface area contributed by atoms with Gasteiger partial charge in [-0.05, 0) is 79.4 Å². The fraction of sp³-hybridized carbons (Fsp3) is 0.630. The Labute approximate surface area is 233 Å². The van der Waals surface area contributed by atoms with Gasteiger partial charge in [-0.1, -0.05) is 23.2 Å². The second-order valence-electron chi connectivity index (χ2n) is 11.6. The van der Waals surface area contributed by atoms with E-state index in [-0.39, 0.29) is 33.9 Å². The van der Waals surface area contributed by atoms with Crippen molar-refractivity contribution in [2.24, 2.45) is 0 Å². The number of ether oxygens (including phenoxy) is 3. The van der Waals surface area contributed by atoms with Crippen LogP contribution >= 0.6 is 23.2 Å². The molecule has 38 heavy (non-hydrogen) atoms. The smallest absolute Gasteiger partial charge is 0.411 e. The van der Waals surface area contributed by atoms with Crippen LogP contribution in [0.1, 0.15) is 77.6 Å². The molecule has 2 saturated heterocycles. The number of nitrogens with zero attached hydrogens (tertiary/aromatic N) is 3. The van der Waals surface area contributed by atoms with E-state index >= 15 is 0 Å². The van der Waals surface area contributed by atoms with Crippen molar-refractivity contribution >= 4 is 41.2 Å². The third-order valence-electron chi connectivity index (χ3n) is 6.30. The maximum absolute atomic E-state index is 14.0. The van der Waals surface area contributed by atoms with Crippen molar-refractivity contribution in [2.45, 2.75) is 90.0 Å². The molecule has 2 aliphatic rings. The first-order chi connectivity index (χ1) is 17.6. The molecule has 208 valence electrons. The standard InChI is InChI=1S/C27H35Cl2N3O6/c1-25(2,3)37-22(33)18-10-11-19(21(29)20(18)28)36-16-27(23(34)31-13-7-9-17(31)15-30)12-8-14-32(27)24(35)38-26(4,5)6/h10-11,17H,7-9,12-14,16H2,1-6H3/t17-,27+/m0/s1. The Balaban J connectivity index is 1.94. The lowest BCUT2D eigenvalue weighted by Gasteiger charge is -2.40. The molecule has 0 saturated carbocycles. The van der Waals surface area contributed by atoms with Gasteiger partial charge in [0.25, 0.3) is 5.91 Å². The number of rotatable bonds is 5. The molecule has 0 N–H and O–H groups in total. The number of nitriles is 1. The van der Waals surface area contributed by atoms with Crippen LogP contribution in [0.4, 0.5) is 4.79 Å². The van der Waals surface area contributed by atoms with Crippen molar-refractivity contribution in [3.63, 3.8) is 0 Å². The van der Waals surface area contributed by atoms with E-state index < -0.39 is 34.8 Å². The number of benzene rings is 1. The zero-order valence-electron chi connectivity index (χ0n) is 22.7. The summed E-state index contributed by atoms with van der Waals surface area (Å²) in [5.74, 6) is -0.853. The summed E-state index contributed by atoms with van der Waals surface area (Å²) >= 11 is 12.9. The van der Waals surface area contributed by atoms with Crippen LogP contribution in [-0.4, -0.2) is 70.2 Å². The van der Waals surface area contributed by atoms with Crippen LogP contribution in [0.5, 0.6) is 5.75 Å². The monoisotopic (exact) mass is 567 g/mol. The molecule has 2 atom stereocenters. The first-order valence-corrected chi connectivity index (χ1v) is 13.4. The Bertz CT molecular complexity index is 1140. The molecule has 2 aliphatic heterocycles. The zero-order valence-corrected chi connectivity index (χ0v) is 24.2. The molecular weight excluding hydrogens is 533 g/mol. The van der Waals surface area contributed by atoms with E-state index in [0.717, 1.165) is 0 Å². The van der Waals surface area contributed by atoms with E-state index in [1.165, 1.54) is 21.9 Å². The largest absolute Gasteiger partial charge is 0.489 e. The van der Waals surface area contributed by atoms with Crippen LogP contribution in [0.25, 0.3) is 0 Å². The molecule has 0 spiro atoms. The SMILES string of the molecule is CC(C)(C)OC(=O)c1ccc(OC[C@@]2(C(=O)N3CCC[C@H]3C#N)CCCN2C(=O)OC(C)(C)C)c(Cl)c1Cl. The maximum atomic E-state index is 14.0. The minimum absolute atomic E-state index is 0.0180. The predicted molar refractivity (Wildman–Crippen MR) is 142 cm³/mol. The number of amides is 2. The molecule has 0 unspecified atom stereocenters. The average molecular weight is 568 g/mol. The van der Waals surface area contributed by atoms with Crippen molar-refractivity contribution in [3.05, 3.63) is 27.7 Å². The van der Waals surface area contributed by atoms with Crippen LogP contribution in [0.15, 0.2) is 12.1 Å². The quantitative estimate of drug-likeness (QED) is 0.425. The third kappa shape index (κ3) is 6.47. The highest BCUT2D eigenvalue weighted by molar-refractivity contribution is 6.44. The topological polar surface area (TPSA) is 109 Å². The van der Waals surface area contributed by atoms with Gasteiger partial charge in [0, 0.05) is 13.1 Å². The van der Waals surface area contributed by atoms with Gasteiger partial charge in [0.15, 0.2) is 5.54 Å². The minimum Gasteiger partial charge on any atom is -0.489 e. The second kappa shape index (κ2) is 11.2. The normalized spacial score (nSPS) is 21.7. The Morgan fingerprint density at radius 1 is 1.03 bits per heavy atom. The number of likely N-dealkylation sites (tertiary alicyclic amines) is 2. The van der Waals surface area contributed by atoms with Gasteiger partial charge in [0.05, 0.1) is 16.7 Å². The lowest BCUT2D eigenvalue weighted by molar-refractivity contribution is -0.144. The number of carbonyl (C=O) groups is 3. The fourth-order valence-electron chi connectivity index (χ4n) is 4.64. The van der Waals surface area contributed by atoms with Crippen LogP contribution < -0.4 is 4.74 Å². The van der Waals surface area contributed by atoms with Crippen LogP contribution in [0.3, 0.4) is 0 Å². The van der Waals surface area contributed by atoms with Gasteiger partial charge in [-0.3, -0.25) is 9.69 Å². The summed E-state index contributed by atoms with van der Waals surface area (Å²) in [7, 11) is 0. The van der Waals surface area contributed by atoms with Gasteiger partial charge in [0.1, 0.15) is 34.6 Å². The van der Waals surface area contributed by atoms with Crippen molar-refractivity contribution < 1.29 is 28.6 Å². The molecule has 0 radical (unpaired) electrons. The molecule has 11 heteroatoms. The van der Waals surface area contributed by atoms with Crippen LogP contribution in [0.2, 0.25) is 10.0 Å². The molecular formula is C27H35Cl2N3O6. The molecule has 9 nitrogen and oxygen atoms in total. The molecule has 2 amide bonds. The zero-order chi connectivity index (χ0) is 28.5. The number of esters is 1. The Morgan fingerprint density at radius 2 is 1.68 bits per heavy atom. The summed E-state index contributed by atoms with van der Waals surface area (Å²) in [5, 5.41) is 9.54. The number of hydrogen-bond donors (Lipinski definition) is 0. The molecule has 3 rings (SSSR count). The summed E-state index contributed by atoms with van der Waals surface area (Å²) in [5.41, 5.74) is -2.82. The molecule has 0 bridgehead atoms. The molecule has 0 aromatic heterocycles. The minimum atomic E-state index is -1.40. The van der Waals surface area contributed by atoms with Crippen molar-refractivity contribution in [3.8, 4) is 11.8 Å². The molecule has 1 aromatic rings. The van der Waals surface area contributed by atoms with Gasteiger partial charge in [0.2, 0.25) is 0 Å². The summed E-state index contributed by atoms with van der Waals surface area (Å²) < 4.78 is 17.1. The van der Waals surface area contributed by atoms with E-state index in [9.17, 15) is 19.6 Å². The average Bonchev–Trinajstić information content (AvgIpc) is 3.45. The molecule has 2 heterocycles. The summed E-state index contributed by atoms with van der Waals surface area (Å²) in [4.78, 5) is 42.7. The highest BCUT2D eigenvalue weighted by Gasteiger charge is 2.55. The summed E-state index contributed by atoms with van der Waals surface area (Å²) in [6, 6.07) is 4.53. The number of halogens is 2. The number of hydrogen-bond acceptors (Lipinski definition) is 7. The van der Waals surface area contributed by atoms with Gasteiger partial charge < -0.3 is 19.1 Å². The third-order valence-corrected chi connectivity index (χ3v) is 7.16. The van der Waals surface area contributed by atoms with Crippen LogP contribution in [0, 0.1) is 11.3 Å². The first-order valence-electron chi connectivity index (χ1n) is 12.6. The van der Waals surface area contributed by atoms with Crippen molar-refractivity contribution in [1.82, 2.24) is 9.80 Å². The van der Waals surface area contributed by atoms with Gasteiger partial charge >= 0.3 is 12.1 Å². The van der Waals surface area contributed by atoms with E-state index in [4.69, 9.17) is 37.4 Å². The lowest BCUT2D eigenvalue weighted by atomic mass is 9.94. The predicted octanol–water partition coefficient (Wildman–Crippen LogP) is 5.61. The molecule has 2 fully saturated rings. The van der Waals surface area contributed by atoms with Crippen LogP contribution in [-0.2, 0) is 14.3 Å². The fourth-order valence-corrected chi connectivity index (χ4v) is 5.09. The lowest BCUT2D eigenvalue weighted by Crippen LogP contribution is -2.62. The Morgan fingerprint density at radius 3 is 2.29 bits per heavy atom. The summed E-state index contributed by atoms with van der Waals surface area (Å²) in [6.07, 6.45) is 1.50. The summed E-state index contributed by atoms with van der Waals surface area (Å²) in [6.45, 7) is 10.9. The van der Waals surface area contributed by atoms with E-state index in [0.29, 0.717) is 38.8 Å². The second-order valence-corrected chi connectivity index (χ2v) is 12.3. The van der Waals surface area contributed by atoms with E-state index in [1.807, 2.05) is 0 Å². The first kappa shape index (κ1) is 29.9. The number of carbonyl (C=O) groups excluding carboxylic acids is 3.